The van der Waals surface area contributed by atoms with E-state index < -0.39 is 11.5 Å². The molecule has 0 radical (unpaired) electrons. The molecule has 25 heavy (non-hydrogen) atoms. The van der Waals surface area contributed by atoms with E-state index in [0.29, 0.717) is 31.5 Å². The molecule has 3 rings (SSSR count). The lowest BCUT2D eigenvalue weighted by molar-refractivity contribution is -0.142. The number of amides is 1. The van der Waals surface area contributed by atoms with Crippen molar-refractivity contribution in [3.8, 4) is 5.75 Å². The third-order valence-corrected chi connectivity index (χ3v) is 5.96. The Hall–Kier alpha value is -1.30. The molecule has 1 heterocycles. The number of carbonyl (C=O) groups excluding carboxylic acids is 1. The van der Waals surface area contributed by atoms with Crippen LogP contribution in [0.4, 0.5) is 0 Å². The van der Waals surface area contributed by atoms with Gasteiger partial charge in [-0.05, 0) is 43.4 Å². The maximum absolute atomic E-state index is 13.3. The van der Waals surface area contributed by atoms with Crippen LogP contribution >= 0.6 is 11.6 Å². The van der Waals surface area contributed by atoms with Crippen molar-refractivity contribution < 1.29 is 15.0 Å². The van der Waals surface area contributed by atoms with Gasteiger partial charge in [0.05, 0.1) is 16.5 Å². The monoisotopic (exact) mass is 366 g/mol. The minimum atomic E-state index is -1.06. The van der Waals surface area contributed by atoms with Gasteiger partial charge in [0, 0.05) is 19.1 Å². The minimum Gasteiger partial charge on any atom is -0.506 e. The molecule has 1 aliphatic heterocycles. The summed E-state index contributed by atoms with van der Waals surface area (Å²) >= 11 is 6.08. The highest BCUT2D eigenvalue weighted by atomic mass is 35.5. The van der Waals surface area contributed by atoms with Crippen LogP contribution < -0.4 is 5.73 Å². The Kier molecular flexibility index (Phi) is 5.56. The predicted octanol–water partition coefficient (Wildman–Crippen LogP) is 2.77. The summed E-state index contributed by atoms with van der Waals surface area (Å²) in [5.41, 5.74) is 5.57. The van der Waals surface area contributed by atoms with E-state index in [4.69, 9.17) is 17.3 Å². The van der Waals surface area contributed by atoms with Crippen molar-refractivity contribution in [2.24, 2.45) is 5.73 Å². The summed E-state index contributed by atoms with van der Waals surface area (Å²) in [5.74, 6) is -0.727. The largest absolute Gasteiger partial charge is 0.506 e. The molecule has 1 aromatic carbocycles. The number of hydrogen-bond acceptors (Lipinski definition) is 4. The van der Waals surface area contributed by atoms with E-state index in [1.165, 1.54) is 6.07 Å². The van der Waals surface area contributed by atoms with Crippen LogP contribution in [0, 0.1) is 0 Å². The molecule has 1 aromatic rings. The van der Waals surface area contributed by atoms with Gasteiger partial charge >= 0.3 is 0 Å². The second-order valence-corrected chi connectivity index (χ2v) is 7.88. The highest BCUT2D eigenvalue weighted by molar-refractivity contribution is 6.32. The van der Waals surface area contributed by atoms with Crippen LogP contribution in [0.3, 0.4) is 0 Å². The van der Waals surface area contributed by atoms with Crippen LogP contribution in [-0.4, -0.2) is 45.8 Å². The zero-order chi connectivity index (χ0) is 18.0. The van der Waals surface area contributed by atoms with Gasteiger partial charge in [0.1, 0.15) is 5.75 Å². The Morgan fingerprint density at radius 1 is 1.24 bits per heavy atom. The first kappa shape index (κ1) is 18.5. The summed E-state index contributed by atoms with van der Waals surface area (Å²) in [4.78, 5) is 15.1. The molecule has 0 aromatic heterocycles. The van der Waals surface area contributed by atoms with E-state index in [1.54, 1.807) is 12.1 Å². The third kappa shape index (κ3) is 3.94. The van der Waals surface area contributed by atoms with Gasteiger partial charge in [0.15, 0.2) is 0 Å². The Bertz CT molecular complexity index is 623. The van der Waals surface area contributed by atoms with Crippen molar-refractivity contribution in [3.63, 3.8) is 0 Å². The van der Waals surface area contributed by atoms with E-state index in [2.05, 4.69) is 0 Å². The summed E-state index contributed by atoms with van der Waals surface area (Å²) in [5, 5.41) is 21.2. The van der Waals surface area contributed by atoms with Gasteiger partial charge < -0.3 is 20.8 Å². The highest BCUT2D eigenvalue weighted by Crippen LogP contribution is 2.42. The van der Waals surface area contributed by atoms with Crippen molar-refractivity contribution in [1.29, 1.82) is 0 Å². The molecule has 2 aliphatic rings. The lowest BCUT2D eigenvalue weighted by atomic mass is 9.72. The molecule has 1 unspecified atom stereocenters. The quantitative estimate of drug-likeness (QED) is 0.767. The van der Waals surface area contributed by atoms with Crippen molar-refractivity contribution in [3.05, 3.63) is 28.8 Å². The first-order valence-corrected chi connectivity index (χ1v) is 9.54. The average molecular weight is 367 g/mol. The fourth-order valence-corrected chi connectivity index (χ4v) is 4.33. The van der Waals surface area contributed by atoms with Crippen LogP contribution in [0.15, 0.2) is 18.2 Å². The van der Waals surface area contributed by atoms with Crippen LogP contribution in [-0.2, 0) is 4.79 Å². The van der Waals surface area contributed by atoms with Gasteiger partial charge in [-0.15, -0.1) is 0 Å². The number of nitrogens with two attached hydrogens (primary N) is 1. The SMILES string of the molecule is NC1CCN(C(=O)C(c2ccc(O)c(Cl)c2)C2(O)CCCCC2)CC1. The lowest BCUT2D eigenvalue weighted by Gasteiger charge is -2.42. The number of phenols is 1. The Labute approximate surface area is 153 Å². The van der Waals surface area contributed by atoms with Crippen LogP contribution in [0.25, 0.3) is 0 Å². The van der Waals surface area contributed by atoms with Crippen LogP contribution in [0.2, 0.25) is 5.02 Å². The lowest BCUT2D eigenvalue weighted by Crippen LogP contribution is -2.51. The van der Waals surface area contributed by atoms with E-state index in [1.807, 2.05) is 4.90 Å². The van der Waals surface area contributed by atoms with E-state index in [0.717, 1.165) is 32.1 Å². The number of benzene rings is 1. The number of piperidine rings is 1. The van der Waals surface area contributed by atoms with Crippen molar-refractivity contribution in [1.82, 2.24) is 4.90 Å². The van der Waals surface area contributed by atoms with Gasteiger partial charge in [0.25, 0.3) is 0 Å². The first-order chi connectivity index (χ1) is 11.9. The molecule has 1 atom stereocenters. The zero-order valence-corrected chi connectivity index (χ0v) is 15.2. The van der Waals surface area contributed by atoms with Gasteiger partial charge in [-0.2, -0.15) is 0 Å². The molecule has 5 nitrogen and oxygen atoms in total. The normalized spacial score (nSPS) is 22.6. The third-order valence-electron chi connectivity index (χ3n) is 5.66. The summed E-state index contributed by atoms with van der Waals surface area (Å²) < 4.78 is 0. The minimum absolute atomic E-state index is 0.0174. The summed E-state index contributed by atoms with van der Waals surface area (Å²) in [6.07, 6.45) is 5.69. The summed E-state index contributed by atoms with van der Waals surface area (Å²) in [6, 6.07) is 4.95. The fraction of sp³-hybridized carbons (Fsp3) is 0.632. The number of halogens is 1. The van der Waals surface area contributed by atoms with Gasteiger partial charge in [-0.1, -0.05) is 36.9 Å². The number of rotatable bonds is 3. The summed E-state index contributed by atoms with van der Waals surface area (Å²) in [6.45, 7) is 1.25. The van der Waals surface area contributed by atoms with Crippen molar-refractivity contribution in [2.45, 2.75) is 62.5 Å². The van der Waals surface area contributed by atoms with Gasteiger partial charge in [-0.3, -0.25) is 4.79 Å². The van der Waals surface area contributed by atoms with Gasteiger partial charge in [-0.25, -0.2) is 0 Å². The maximum Gasteiger partial charge on any atom is 0.233 e. The number of likely N-dealkylation sites (tertiary alicyclic amines) is 1. The van der Waals surface area contributed by atoms with Crippen molar-refractivity contribution >= 4 is 17.5 Å². The predicted molar refractivity (Wildman–Crippen MR) is 97.7 cm³/mol. The number of aromatic hydroxyl groups is 1. The van der Waals surface area contributed by atoms with Gasteiger partial charge in [0.2, 0.25) is 5.91 Å². The smallest absolute Gasteiger partial charge is 0.233 e. The topological polar surface area (TPSA) is 86.8 Å². The van der Waals surface area contributed by atoms with E-state index in [9.17, 15) is 15.0 Å². The second kappa shape index (κ2) is 7.52. The molecule has 1 saturated heterocycles. The molecule has 6 heteroatoms. The van der Waals surface area contributed by atoms with Crippen molar-refractivity contribution in [2.75, 3.05) is 13.1 Å². The molecule has 0 bridgehead atoms. The Morgan fingerprint density at radius 2 is 1.88 bits per heavy atom. The molecule has 4 N–H and O–H groups in total. The summed E-state index contributed by atoms with van der Waals surface area (Å²) in [7, 11) is 0. The van der Waals surface area contributed by atoms with Crippen LogP contribution in [0.5, 0.6) is 5.75 Å². The molecule has 1 aliphatic carbocycles. The second-order valence-electron chi connectivity index (χ2n) is 7.47. The fourth-order valence-electron chi connectivity index (χ4n) is 4.14. The highest BCUT2D eigenvalue weighted by Gasteiger charge is 2.45. The molecular weight excluding hydrogens is 340 g/mol. The van der Waals surface area contributed by atoms with Crippen LogP contribution in [0.1, 0.15) is 56.4 Å². The zero-order valence-electron chi connectivity index (χ0n) is 14.5. The molecular formula is C19H27ClN2O3. The average Bonchev–Trinajstić information content (AvgIpc) is 2.59. The molecule has 138 valence electrons. The molecule has 2 fully saturated rings. The Morgan fingerprint density at radius 3 is 2.48 bits per heavy atom. The first-order valence-electron chi connectivity index (χ1n) is 9.16. The standard InChI is InChI=1S/C19H27ClN2O3/c20-15-12-13(4-5-16(15)23)17(19(25)8-2-1-3-9-19)18(24)22-10-6-14(21)7-11-22/h4-5,12,14,17,23,25H,1-3,6-11,21H2. The number of nitrogens with zero attached hydrogens (tertiary/aromatic N) is 1. The van der Waals surface area contributed by atoms with E-state index >= 15 is 0 Å². The number of phenolic OH excluding ortho intramolecular Hbond substituents is 1. The number of aliphatic hydroxyl groups is 1. The molecule has 1 amide bonds. The number of carbonyl (C=O) groups is 1. The number of hydrogen-bond donors (Lipinski definition) is 3. The maximum atomic E-state index is 13.3. The Balaban J connectivity index is 1.93. The molecule has 0 spiro atoms. The van der Waals surface area contributed by atoms with E-state index in [-0.39, 0.29) is 22.7 Å². The molecule has 1 saturated carbocycles.